The number of halogens is 6. The first-order valence-corrected chi connectivity index (χ1v) is 19.4. The van der Waals surface area contributed by atoms with Crippen molar-refractivity contribution in [2.45, 2.75) is 26.1 Å². The summed E-state index contributed by atoms with van der Waals surface area (Å²) >= 11 is 0. The van der Waals surface area contributed by atoms with Gasteiger partial charge in [-0.15, -0.1) is 0 Å². The average Bonchev–Trinajstić information content (AvgIpc) is 3.26. The summed E-state index contributed by atoms with van der Waals surface area (Å²) in [5.74, 6) is -8.97. The van der Waals surface area contributed by atoms with Gasteiger partial charge < -0.3 is 34.2 Å². The minimum Gasteiger partial charge on any atom is -0.503 e. The lowest BCUT2D eigenvalue weighted by Gasteiger charge is -2.17. The first kappa shape index (κ1) is 51.4. The molecule has 0 saturated carbocycles. The number of hydrogen-bond donors (Lipinski definition) is 2. The van der Waals surface area contributed by atoms with E-state index in [1.165, 1.54) is 77.4 Å². The molecule has 352 valence electrons. The molecule has 0 radical (unpaired) electrons. The van der Waals surface area contributed by atoms with E-state index >= 15 is 0 Å². The highest BCUT2D eigenvalue weighted by molar-refractivity contribution is 5.94. The predicted molar refractivity (Wildman–Crippen MR) is 229 cm³/mol. The molecule has 0 spiro atoms. The van der Waals surface area contributed by atoms with Crippen molar-refractivity contribution < 1.29 is 70.2 Å². The minimum atomic E-state index is -1.29. The van der Waals surface area contributed by atoms with E-state index in [4.69, 9.17) is 19.3 Å². The van der Waals surface area contributed by atoms with Gasteiger partial charge in [-0.05, 0) is 97.8 Å². The van der Waals surface area contributed by atoms with Crippen molar-refractivity contribution in [2.24, 2.45) is 0 Å². The van der Waals surface area contributed by atoms with Crippen molar-refractivity contribution in [2.75, 3.05) is 28.2 Å². The number of aliphatic hydroxyl groups is 1. The number of aromatic hydroxyl groups is 1. The number of nitro groups is 2. The quantitative estimate of drug-likeness (QED) is 0.0673. The standard InChI is InChI=1S/C23H19F3N2O5.C17H18N2O5.C6H3F3O/c1-13(32-22-18(25)11-16(24)12-19(22)26)15-6-9-20(28(30)31)21(10-15)33-17-7-4-14(5-8-17)23(29)27(2)3;1-11(20)13-6-9-15(19(22)23)16(10-13)24-14-7-4-12(5-8-14)17(21)18(2)3;7-3-1-4(8)6(10)5(9)2-3/h4-13H,1-3H3;4-11,20H,1-3H3;1-2,10H. The number of carbonyl (C=O) groups excluding carboxylic acids is 2. The van der Waals surface area contributed by atoms with Crippen molar-refractivity contribution in [1.82, 2.24) is 9.80 Å². The van der Waals surface area contributed by atoms with Gasteiger partial charge in [-0.3, -0.25) is 29.8 Å². The molecule has 2 amide bonds. The molecule has 0 fully saturated rings. The van der Waals surface area contributed by atoms with E-state index in [2.05, 4.69) is 0 Å². The van der Waals surface area contributed by atoms with E-state index in [0.29, 0.717) is 52.3 Å². The molecular formula is C46H40F6N4O11. The maximum absolute atomic E-state index is 13.9. The van der Waals surface area contributed by atoms with Crippen LogP contribution in [0.15, 0.2) is 109 Å². The molecule has 67 heavy (non-hydrogen) atoms. The van der Waals surface area contributed by atoms with E-state index in [1.54, 1.807) is 59.4 Å². The third-order valence-corrected chi connectivity index (χ3v) is 9.02. The fourth-order valence-corrected chi connectivity index (χ4v) is 5.56. The van der Waals surface area contributed by atoms with Gasteiger partial charge >= 0.3 is 11.4 Å². The van der Waals surface area contributed by atoms with Gasteiger partial charge in [0.15, 0.2) is 34.8 Å². The molecule has 0 aliphatic rings. The van der Waals surface area contributed by atoms with Gasteiger partial charge in [-0.25, -0.2) is 26.3 Å². The first-order chi connectivity index (χ1) is 31.5. The normalized spacial score (nSPS) is 11.4. The highest BCUT2D eigenvalue weighted by atomic mass is 19.2. The summed E-state index contributed by atoms with van der Waals surface area (Å²) in [5, 5.41) is 40.6. The lowest BCUT2D eigenvalue weighted by molar-refractivity contribution is -0.385. The number of nitro benzene ring substituents is 2. The second-order valence-corrected chi connectivity index (χ2v) is 14.5. The van der Waals surface area contributed by atoms with Gasteiger partial charge in [0.1, 0.15) is 29.2 Å². The Morgan fingerprint density at radius 2 is 0.925 bits per heavy atom. The van der Waals surface area contributed by atoms with Gasteiger partial charge in [-0.2, -0.15) is 0 Å². The fourth-order valence-electron chi connectivity index (χ4n) is 5.56. The van der Waals surface area contributed by atoms with Gasteiger partial charge in [0.2, 0.25) is 11.5 Å². The molecule has 15 nitrogen and oxygen atoms in total. The Kier molecular flexibility index (Phi) is 17.4. The monoisotopic (exact) mass is 938 g/mol. The van der Waals surface area contributed by atoms with E-state index in [0.717, 1.165) is 0 Å². The van der Waals surface area contributed by atoms with Crippen LogP contribution in [0.4, 0.5) is 37.7 Å². The van der Waals surface area contributed by atoms with Crippen LogP contribution in [0.2, 0.25) is 0 Å². The SMILES string of the molecule is CC(O)c1ccc([N+](=O)[O-])c(Oc2ccc(C(=O)N(C)C)cc2)c1.CC(Oc1c(F)cc(F)cc1F)c1ccc([N+](=O)[O-])c(Oc2ccc(C(=O)N(C)C)cc2)c1.Oc1c(F)cc(F)cc1F. The summed E-state index contributed by atoms with van der Waals surface area (Å²) in [6.07, 6.45) is -1.73. The maximum Gasteiger partial charge on any atom is 0.311 e. The topological polar surface area (TPSA) is 195 Å². The van der Waals surface area contributed by atoms with Crippen LogP contribution in [0, 0.1) is 55.1 Å². The Labute approximate surface area is 377 Å². The molecule has 2 N–H and O–H groups in total. The summed E-state index contributed by atoms with van der Waals surface area (Å²) in [6.45, 7) is 3.03. The van der Waals surface area contributed by atoms with E-state index < -0.39 is 68.5 Å². The number of ether oxygens (including phenoxy) is 3. The van der Waals surface area contributed by atoms with Crippen molar-refractivity contribution in [1.29, 1.82) is 0 Å². The number of benzene rings is 6. The molecule has 6 aromatic rings. The van der Waals surface area contributed by atoms with Crippen LogP contribution in [-0.4, -0.2) is 69.9 Å². The van der Waals surface area contributed by atoms with E-state index in [9.17, 15) is 61.3 Å². The molecule has 0 bridgehead atoms. The van der Waals surface area contributed by atoms with Gasteiger partial charge in [-0.1, -0.05) is 0 Å². The summed E-state index contributed by atoms with van der Waals surface area (Å²) in [4.78, 5) is 48.1. The smallest absolute Gasteiger partial charge is 0.311 e. The first-order valence-electron chi connectivity index (χ1n) is 19.4. The average molecular weight is 939 g/mol. The predicted octanol–water partition coefficient (Wildman–Crippen LogP) is 10.6. The number of amides is 2. The molecule has 21 heteroatoms. The van der Waals surface area contributed by atoms with Crippen LogP contribution in [0.25, 0.3) is 0 Å². The molecule has 0 heterocycles. The number of hydrogen-bond acceptors (Lipinski definition) is 11. The lowest BCUT2D eigenvalue weighted by Crippen LogP contribution is -2.21. The van der Waals surface area contributed by atoms with Gasteiger partial charge in [0.05, 0.1) is 16.0 Å². The van der Waals surface area contributed by atoms with Crippen LogP contribution in [0.5, 0.6) is 34.5 Å². The third-order valence-electron chi connectivity index (χ3n) is 9.02. The van der Waals surface area contributed by atoms with Crippen LogP contribution < -0.4 is 14.2 Å². The zero-order chi connectivity index (χ0) is 49.9. The molecule has 2 unspecified atom stereocenters. The second-order valence-electron chi connectivity index (χ2n) is 14.5. The molecule has 6 rings (SSSR count). The Balaban J connectivity index is 0.000000250. The number of carbonyl (C=O) groups is 2. The van der Waals surface area contributed by atoms with Crippen LogP contribution >= 0.6 is 0 Å². The largest absolute Gasteiger partial charge is 0.503 e. The summed E-state index contributed by atoms with van der Waals surface area (Å²) in [5.41, 5.74) is 1.17. The minimum absolute atomic E-state index is 0.0325. The van der Waals surface area contributed by atoms with Crippen molar-refractivity contribution in [3.63, 3.8) is 0 Å². The van der Waals surface area contributed by atoms with Crippen LogP contribution in [-0.2, 0) is 0 Å². The molecule has 2 atom stereocenters. The Hall–Kier alpha value is -8.20. The van der Waals surface area contributed by atoms with Crippen molar-refractivity contribution in [3.8, 4) is 34.5 Å². The Morgan fingerprint density at radius 1 is 0.567 bits per heavy atom. The van der Waals surface area contributed by atoms with Crippen LogP contribution in [0.3, 0.4) is 0 Å². The lowest BCUT2D eigenvalue weighted by atomic mass is 10.1. The molecule has 0 saturated heterocycles. The highest BCUT2D eigenvalue weighted by Crippen LogP contribution is 2.37. The van der Waals surface area contributed by atoms with Crippen LogP contribution in [0.1, 0.15) is 57.9 Å². The van der Waals surface area contributed by atoms with Gasteiger partial charge in [0, 0.05) is 75.7 Å². The molecular weight excluding hydrogens is 899 g/mol. The fraction of sp³-hybridized carbons (Fsp3) is 0.174. The molecule has 6 aromatic carbocycles. The van der Waals surface area contributed by atoms with Crippen molar-refractivity contribution in [3.05, 3.63) is 187 Å². The van der Waals surface area contributed by atoms with E-state index in [1.807, 2.05) is 0 Å². The summed E-state index contributed by atoms with van der Waals surface area (Å²) < 4.78 is 93.7. The Bertz CT molecular complexity index is 2710. The molecule has 0 aromatic heterocycles. The number of nitrogens with zero attached hydrogens (tertiary/aromatic N) is 4. The number of phenolic OH excluding ortho intramolecular Hbond substituents is 1. The van der Waals surface area contributed by atoms with Crippen molar-refractivity contribution >= 4 is 23.2 Å². The zero-order valence-corrected chi connectivity index (χ0v) is 36.2. The molecule has 0 aliphatic carbocycles. The third kappa shape index (κ3) is 13.9. The second kappa shape index (κ2) is 22.6. The van der Waals surface area contributed by atoms with Gasteiger partial charge in [0.25, 0.3) is 11.8 Å². The van der Waals surface area contributed by atoms with E-state index in [-0.39, 0.29) is 40.4 Å². The number of aliphatic hydroxyl groups excluding tert-OH is 1. The Morgan fingerprint density at radius 3 is 1.28 bits per heavy atom. The summed E-state index contributed by atoms with van der Waals surface area (Å²) in [6, 6.07) is 22.1. The summed E-state index contributed by atoms with van der Waals surface area (Å²) in [7, 11) is 6.51. The number of phenols is 1. The highest BCUT2D eigenvalue weighted by Gasteiger charge is 2.23. The maximum atomic E-state index is 13.9. The molecule has 0 aliphatic heterocycles. The number of rotatable bonds is 12. The zero-order valence-electron chi connectivity index (χ0n) is 36.2.